The molecule has 0 aliphatic heterocycles. The van der Waals surface area contributed by atoms with E-state index in [0.29, 0.717) is 25.3 Å². The second-order valence-electron chi connectivity index (χ2n) is 6.20. The van der Waals surface area contributed by atoms with Crippen LogP contribution in [0.4, 0.5) is 0 Å². The average molecular weight is 307 g/mol. The molecule has 1 aliphatic rings. The van der Waals surface area contributed by atoms with Gasteiger partial charge in [-0.15, -0.1) is 0 Å². The molecule has 0 heterocycles. The molecular formula is C18H29NO3. The Kier molecular flexibility index (Phi) is 8.75. The predicted octanol–water partition coefficient (Wildman–Crippen LogP) is 3.04. The molecular weight excluding hydrogens is 278 g/mol. The lowest BCUT2D eigenvalue weighted by atomic mass is 9.92. The summed E-state index contributed by atoms with van der Waals surface area (Å²) in [6, 6.07) is 0. The van der Waals surface area contributed by atoms with Gasteiger partial charge in [0.25, 0.3) is 0 Å². The molecule has 2 atom stereocenters. The van der Waals surface area contributed by atoms with E-state index in [-0.39, 0.29) is 23.7 Å². The van der Waals surface area contributed by atoms with Crippen LogP contribution in [0.25, 0.3) is 0 Å². The smallest absolute Gasteiger partial charge is 0.220 e. The van der Waals surface area contributed by atoms with E-state index in [0.717, 1.165) is 19.3 Å². The lowest BCUT2D eigenvalue weighted by Crippen LogP contribution is -2.34. The molecule has 4 nitrogen and oxygen atoms in total. The van der Waals surface area contributed by atoms with Gasteiger partial charge in [0.2, 0.25) is 5.91 Å². The third-order valence-electron chi connectivity index (χ3n) is 3.76. The summed E-state index contributed by atoms with van der Waals surface area (Å²) in [5.74, 6) is 0.877. The van der Waals surface area contributed by atoms with Crippen molar-refractivity contribution in [3.8, 4) is 0 Å². The zero-order valence-electron chi connectivity index (χ0n) is 14.0. The highest BCUT2D eigenvalue weighted by molar-refractivity contribution is 5.94. The van der Waals surface area contributed by atoms with Crippen LogP contribution in [-0.4, -0.2) is 31.4 Å². The van der Waals surface area contributed by atoms with E-state index in [2.05, 4.69) is 31.3 Å². The molecule has 0 aromatic carbocycles. The minimum absolute atomic E-state index is 0.0135. The SMILES string of the molecule is COC1CC(CNC(=O)CCCCC=CC(C)C)C=CC1=O. The molecule has 0 aromatic heterocycles. The Morgan fingerprint density at radius 2 is 2.23 bits per heavy atom. The van der Waals surface area contributed by atoms with Gasteiger partial charge in [-0.05, 0) is 43.6 Å². The molecule has 0 saturated carbocycles. The van der Waals surface area contributed by atoms with Crippen LogP contribution in [0.15, 0.2) is 24.3 Å². The van der Waals surface area contributed by atoms with Crippen molar-refractivity contribution in [1.29, 1.82) is 0 Å². The first-order valence-corrected chi connectivity index (χ1v) is 8.21. The summed E-state index contributed by atoms with van der Waals surface area (Å²) in [6.45, 7) is 4.90. The first-order valence-electron chi connectivity index (χ1n) is 8.21. The van der Waals surface area contributed by atoms with Crippen LogP contribution in [0.3, 0.4) is 0 Å². The highest BCUT2D eigenvalue weighted by atomic mass is 16.5. The standard InChI is InChI=1S/C18H29NO3/c1-14(2)8-6-4-5-7-9-18(21)19-13-15-10-11-16(20)17(12-15)22-3/h6,8,10-11,14-15,17H,4-5,7,9,12-13H2,1-3H3,(H,19,21). The fraction of sp³-hybridized carbons (Fsp3) is 0.667. The summed E-state index contributed by atoms with van der Waals surface area (Å²) in [6.07, 6.45) is 11.7. The molecule has 0 bridgehead atoms. The molecule has 0 radical (unpaired) electrons. The normalized spacial score (nSPS) is 21.7. The lowest BCUT2D eigenvalue weighted by molar-refractivity contribution is -0.125. The van der Waals surface area contributed by atoms with Crippen LogP contribution in [-0.2, 0) is 14.3 Å². The van der Waals surface area contributed by atoms with E-state index in [1.165, 1.54) is 0 Å². The van der Waals surface area contributed by atoms with E-state index in [9.17, 15) is 9.59 Å². The molecule has 1 rings (SSSR count). The second kappa shape index (κ2) is 10.3. The van der Waals surface area contributed by atoms with E-state index in [4.69, 9.17) is 4.74 Å². The van der Waals surface area contributed by atoms with Gasteiger partial charge >= 0.3 is 0 Å². The Labute approximate surface area is 134 Å². The summed E-state index contributed by atoms with van der Waals surface area (Å²) < 4.78 is 5.14. The number of carbonyl (C=O) groups is 2. The van der Waals surface area contributed by atoms with Crippen molar-refractivity contribution in [3.05, 3.63) is 24.3 Å². The van der Waals surface area contributed by atoms with Crippen molar-refractivity contribution >= 4 is 11.7 Å². The van der Waals surface area contributed by atoms with Crippen molar-refractivity contribution in [2.45, 2.75) is 52.1 Å². The molecule has 124 valence electrons. The highest BCUT2D eigenvalue weighted by Crippen LogP contribution is 2.17. The van der Waals surface area contributed by atoms with Gasteiger partial charge in [0, 0.05) is 20.1 Å². The van der Waals surface area contributed by atoms with E-state index in [1.54, 1.807) is 13.2 Å². The van der Waals surface area contributed by atoms with E-state index >= 15 is 0 Å². The number of hydrogen-bond donors (Lipinski definition) is 1. The number of amides is 1. The number of rotatable bonds is 9. The molecule has 4 heteroatoms. The zero-order valence-corrected chi connectivity index (χ0v) is 14.0. The van der Waals surface area contributed by atoms with Gasteiger partial charge in [0.05, 0.1) is 0 Å². The first-order chi connectivity index (χ1) is 10.5. The van der Waals surface area contributed by atoms with Crippen molar-refractivity contribution in [2.75, 3.05) is 13.7 Å². The average Bonchev–Trinajstić information content (AvgIpc) is 2.49. The van der Waals surface area contributed by atoms with Gasteiger partial charge in [-0.2, -0.15) is 0 Å². The van der Waals surface area contributed by atoms with Crippen LogP contribution in [0.1, 0.15) is 46.0 Å². The van der Waals surface area contributed by atoms with Crippen LogP contribution < -0.4 is 5.32 Å². The fourth-order valence-corrected chi connectivity index (χ4v) is 2.42. The summed E-state index contributed by atoms with van der Waals surface area (Å²) >= 11 is 0. The Hall–Kier alpha value is -1.42. The van der Waals surface area contributed by atoms with Gasteiger partial charge < -0.3 is 10.1 Å². The highest BCUT2D eigenvalue weighted by Gasteiger charge is 2.24. The van der Waals surface area contributed by atoms with Crippen molar-refractivity contribution in [2.24, 2.45) is 11.8 Å². The predicted molar refractivity (Wildman–Crippen MR) is 88.5 cm³/mol. The van der Waals surface area contributed by atoms with E-state index in [1.807, 2.05) is 6.08 Å². The number of ketones is 1. The molecule has 1 amide bonds. The molecule has 0 fully saturated rings. The summed E-state index contributed by atoms with van der Waals surface area (Å²) in [4.78, 5) is 23.3. The largest absolute Gasteiger partial charge is 0.373 e. The molecule has 1 N–H and O–H groups in total. The summed E-state index contributed by atoms with van der Waals surface area (Å²) in [5.41, 5.74) is 0. The van der Waals surface area contributed by atoms with E-state index < -0.39 is 0 Å². The molecule has 0 saturated heterocycles. The second-order valence-corrected chi connectivity index (χ2v) is 6.20. The third-order valence-corrected chi connectivity index (χ3v) is 3.76. The maximum Gasteiger partial charge on any atom is 0.220 e. The zero-order chi connectivity index (χ0) is 16.4. The minimum Gasteiger partial charge on any atom is -0.373 e. The Balaban J connectivity index is 2.13. The van der Waals surface area contributed by atoms with Gasteiger partial charge in [0.15, 0.2) is 5.78 Å². The topological polar surface area (TPSA) is 55.4 Å². The maximum atomic E-state index is 11.8. The van der Waals surface area contributed by atoms with Crippen LogP contribution in [0, 0.1) is 11.8 Å². The van der Waals surface area contributed by atoms with Crippen molar-refractivity contribution < 1.29 is 14.3 Å². The maximum absolute atomic E-state index is 11.8. The number of ether oxygens (including phenoxy) is 1. The van der Waals surface area contributed by atoms with Crippen molar-refractivity contribution in [3.63, 3.8) is 0 Å². The van der Waals surface area contributed by atoms with Gasteiger partial charge in [-0.25, -0.2) is 0 Å². The molecule has 0 spiro atoms. The third kappa shape index (κ3) is 7.55. The number of unbranched alkanes of at least 4 members (excludes halogenated alkanes) is 2. The van der Waals surface area contributed by atoms with Crippen LogP contribution >= 0.6 is 0 Å². The number of carbonyl (C=O) groups excluding carboxylic acids is 2. The van der Waals surface area contributed by atoms with Gasteiger partial charge in [0.1, 0.15) is 6.10 Å². The Morgan fingerprint density at radius 3 is 2.91 bits per heavy atom. The number of allylic oxidation sites excluding steroid dienone is 2. The monoisotopic (exact) mass is 307 g/mol. The molecule has 1 aliphatic carbocycles. The number of hydrogen-bond acceptors (Lipinski definition) is 3. The van der Waals surface area contributed by atoms with Gasteiger partial charge in [-0.3, -0.25) is 9.59 Å². The van der Waals surface area contributed by atoms with Crippen LogP contribution in [0.5, 0.6) is 0 Å². The Morgan fingerprint density at radius 1 is 1.45 bits per heavy atom. The fourth-order valence-electron chi connectivity index (χ4n) is 2.42. The van der Waals surface area contributed by atoms with Crippen LogP contribution in [0.2, 0.25) is 0 Å². The lowest BCUT2D eigenvalue weighted by Gasteiger charge is -2.22. The Bertz CT molecular complexity index is 413. The van der Waals surface area contributed by atoms with Gasteiger partial charge in [-0.1, -0.05) is 32.1 Å². The molecule has 22 heavy (non-hydrogen) atoms. The summed E-state index contributed by atoms with van der Waals surface area (Å²) in [7, 11) is 1.55. The van der Waals surface area contributed by atoms with Crippen molar-refractivity contribution in [1.82, 2.24) is 5.32 Å². The molecule has 0 aromatic rings. The quantitative estimate of drug-likeness (QED) is 0.526. The summed E-state index contributed by atoms with van der Waals surface area (Å²) in [5, 5.41) is 2.95. The molecule has 2 unspecified atom stereocenters. The number of nitrogens with one attached hydrogen (secondary N) is 1. The first kappa shape index (κ1) is 18.6. The number of methoxy groups -OCH3 is 1. The minimum atomic E-state index is -0.361.